The summed E-state index contributed by atoms with van der Waals surface area (Å²) in [4.78, 5) is 29.9. The standard InChI is InChI=1S/C32H39N9O2/c1-17-14-21(8-9-23(17)18(2)36-29(42)30-38-31(40-43-30)32(5,6)7)27-24-15-25(37-28(24)35-16-34-27)26-19(3)39-41(20(26)4)22-10-12-33-13-11-22/h8-9,14-16,18,22,33H,10-13H2,1-7H3,(H,36,42)(H,34,35,37). The van der Waals surface area contributed by atoms with Gasteiger partial charge in [0.05, 0.1) is 29.2 Å². The second-order valence-corrected chi connectivity index (χ2v) is 12.6. The molecule has 0 spiro atoms. The average Bonchev–Trinajstić information content (AvgIpc) is 3.70. The summed E-state index contributed by atoms with van der Waals surface area (Å²) < 4.78 is 7.42. The number of aryl methyl sites for hydroxylation is 2. The van der Waals surface area contributed by atoms with Crippen LogP contribution in [0.3, 0.4) is 0 Å². The third-order valence-corrected chi connectivity index (χ3v) is 8.32. The molecule has 1 aromatic carbocycles. The maximum Gasteiger partial charge on any atom is 0.315 e. The monoisotopic (exact) mass is 581 g/mol. The average molecular weight is 582 g/mol. The van der Waals surface area contributed by atoms with Crippen LogP contribution in [-0.2, 0) is 5.41 Å². The van der Waals surface area contributed by atoms with Crippen molar-refractivity contribution in [3.05, 3.63) is 64.8 Å². The van der Waals surface area contributed by atoms with Crippen LogP contribution in [-0.4, -0.2) is 53.9 Å². The lowest BCUT2D eigenvalue weighted by molar-refractivity contribution is 0.0895. The van der Waals surface area contributed by atoms with Crippen LogP contribution in [0.1, 0.15) is 91.6 Å². The van der Waals surface area contributed by atoms with Crippen molar-refractivity contribution >= 4 is 16.9 Å². The minimum atomic E-state index is -0.398. The van der Waals surface area contributed by atoms with Gasteiger partial charge < -0.3 is 20.1 Å². The number of benzene rings is 1. The van der Waals surface area contributed by atoms with E-state index in [4.69, 9.17) is 9.62 Å². The van der Waals surface area contributed by atoms with Gasteiger partial charge in [0.25, 0.3) is 0 Å². The molecule has 5 aromatic rings. The van der Waals surface area contributed by atoms with Crippen LogP contribution in [0.15, 0.2) is 35.1 Å². The fourth-order valence-electron chi connectivity index (χ4n) is 6.03. The number of nitrogens with zero attached hydrogens (tertiary/aromatic N) is 6. The number of fused-ring (bicyclic) bond motifs is 1. The summed E-state index contributed by atoms with van der Waals surface area (Å²) in [6.45, 7) is 16.2. The van der Waals surface area contributed by atoms with Gasteiger partial charge in [-0.25, -0.2) is 9.97 Å². The molecule has 1 aliphatic rings. The first kappa shape index (κ1) is 28.7. The SMILES string of the molecule is Cc1cc(-c2ncnc3[nH]c(-c4c(C)nn(C5CCNCC5)c4C)cc23)ccc1C(C)NC(=O)c1nc(C(C)(C)C)no1. The summed E-state index contributed by atoms with van der Waals surface area (Å²) in [7, 11) is 0. The van der Waals surface area contributed by atoms with E-state index >= 15 is 0 Å². The van der Waals surface area contributed by atoms with Gasteiger partial charge in [0.2, 0.25) is 0 Å². The van der Waals surface area contributed by atoms with Crippen LogP contribution in [0.2, 0.25) is 0 Å². The maximum absolute atomic E-state index is 12.8. The van der Waals surface area contributed by atoms with Gasteiger partial charge in [-0.1, -0.05) is 38.1 Å². The number of amides is 1. The van der Waals surface area contributed by atoms with Crippen LogP contribution in [0.5, 0.6) is 0 Å². The molecular formula is C32H39N9O2. The predicted octanol–water partition coefficient (Wildman–Crippen LogP) is 5.51. The highest BCUT2D eigenvalue weighted by Crippen LogP contribution is 2.35. The van der Waals surface area contributed by atoms with Gasteiger partial charge in [0, 0.05) is 27.6 Å². The molecule has 6 rings (SSSR count). The Morgan fingerprint density at radius 2 is 1.88 bits per heavy atom. The smallest absolute Gasteiger partial charge is 0.315 e. The van der Waals surface area contributed by atoms with Crippen LogP contribution in [0, 0.1) is 20.8 Å². The minimum absolute atomic E-state index is 0.0375. The largest absolute Gasteiger partial charge is 0.341 e. The first-order valence-electron chi connectivity index (χ1n) is 14.9. The molecule has 1 atom stereocenters. The highest BCUT2D eigenvalue weighted by atomic mass is 16.5. The fraction of sp³-hybridized carbons (Fsp3) is 0.438. The van der Waals surface area contributed by atoms with Gasteiger partial charge in [-0.15, -0.1) is 0 Å². The first-order chi connectivity index (χ1) is 20.5. The zero-order valence-electron chi connectivity index (χ0n) is 25.9. The van der Waals surface area contributed by atoms with Crippen molar-refractivity contribution in [1.82, 2.24) is 45.5 Å². The number of aromatic nitrogens is 7. The van der Waals surface area contributed by atoms with Gasteiger partial charge in [0.15, 0.2) is 5.82 Å². The molecule has 43 heavy (non-hydrogen) atoms. The highest BCUT2D eigenvalue weighted by Gasteiger charge is 2.26. The second kappa shape index (κ2) is 11.0. The molecule has 0 saturated carbocycles. The predicted molar refractivity (Wildman–Crippen MR) is 165 cm³/mol. The van der Waals surface area contributed by atoms with Gasteiger partial charge in [-0.3, -0.25) is 9.48 Å². The van der Waals surface area contributed by atoms with Crippen molar-refractivity contribution in [2.45, 2.75) is 78.8 Å². The van der Waals surface area contributed by atoms with Crippen LogP contribution < -0.4 is 10.6 Å². The molecule has 0 aliphatic carbocycles. The van der Waals surface area contributed by atoms with Crippen LogP contribution >= 0.6 is 0 Å². The third kappa shape index (κ3) is 5.45. The Balaban J connectivity index is 1.26. The van der Waals surface area contributed by atoms with Gasteiger partial charge in [-0.05, 0) is 76.9 Å². The lowest BCUT2D eigenvalue weighted by Gasteiger charge is -2.24. The molecule has 3 N–H and O–H groups in total. The lowest BCUT2D eigenvalue weighted by Crippen LogP contribution is -2.30. The minimum Gasteiger partial charge on any atom is -0.341 e. The molecule has 0 bridgehead atoms. The topological polar surface area (TPSA) is 139 Å². The number of hydrogen-bond donors (Lipinski definition) is 3. The summed E-state index contributed by atoms with van der Waals surface area (Å²) in [6, 6.07) is 8.45. The molecule has 1 aliphatic heterocycles. The van der Waals surface area contributed by atoms with E-state index in [0.717, 1.165) is 82.0 Å². The Bertz CT molecular complexity index is 1800. The Kier molecular flexibility index (Phi) is 7.37. The summed E-state index contributed by atoms with van der Waals surface area (Å²) in [5.74, 6) is 0.0608. The van der Waals surface area contributed by atoms with E-state index in [2.05, 4.69) is 66.4 Å². The lowest BCUT2D eigenvalue weighted by atomic mass is 9.96. The molecule has 0 radical (unpaired) electrons. The Labute approximate surface area is 250 Å². The van der Waals surface area contributed by atoms with E-state index in [1.165, 1.54) is 0 Å². The van der Waals surface area contributed by atoms with Crippen molar-refractivity contribution in [2.75, 3.05) is 13.1 Å². The second-order valence-electron chi connectivity index (χ2n) is 12.6. The number of carbonyl (C=O) groups excluding carboxylic acids is 1. The fourth-order valence-corrected chi connectivity index (χ4v) is 6.03. The molecule has 11 nitrogen and oxygen atoms in total. The van der Waals surface area contributed by atoms with Crippen molar-refractivity contribution in [3.63, 3.8) is 0 Å². The number of rotatable bonds is 6. The van der Waals surface area contributed by atoms with Crippen molar-refractivity contribution in [3.8, 4) is 22.5 Å². The first-order valence-corrected chi connectivity index (χ1v) is 14.9. The number of carbonyl (C=O) groups is 1. The number of hydrogen-bond acceptors (Lipinski definition) is 8. The molecular weight excluding hydrogens is 542 g/mol. The molecule has 1 saturated heterocycles. The van der Waals surface area contributed by atoms with Crippen molar-refractivity contribution in [1.29, 1.82) is 0 Å². The third-order valence-electron chi connectivity index (χ3n) is 8.32. The van der Waals surface area contributed by atoms with Crippen molar-refractivity contribution < 1.29 is 9.32 Å². The van der Waals surface area contributed by atoms with Crippen LogP contribution in [0.25, 0.3) is 33.5 Å². The summed E-state index contributed by atoms with van der Waals surface area (Å²) in [6.07, 6.45) is 3.76. The van der Waals surface area contributed by atoms with E-state index in [9.17, 15) is 4.79 Å². The zero-order valence-corrected chi connectivity index (χ0v) is 25.9. The number of aromatic amines is 1. The Hall–Kier alpha value is -4.38. The molecule has 1 fully saturated rings. The maximum atomic E-state index is 12.8. The number of nitrogens with one attached hydrogen (secondary N) is 3. The molecule has 1 unspecified atom stereocenters. The highest BCUT2D eigenvalue weighted by molar-refractivity contribution is 5.94. The molecule has 1 amide bonds. The quantitative estimate of drug-likeness (QED) is 0.239. The molecule has 4 aromatic heterocycles. The molecule has 224 valence electrons. The molecule has 5 heterocycles. The Morgan fingerprint density at radius 3 is 2.58 bits per heavy atom. The van der Waals surface area contributed by atoms with E-state index in [0.29, 0.717) is 11.9 Å². The normalized spacial score (nSPS) is 15.2. The summed E-state index contributed by atoms with van der Waals surface area (Å²) in [5, 5.41) is 16.3. The van der Waals surface area contributed by atoms with E-state index in [-0.39, 0.29) is 17.3 Å². The van der Waals surface area contributed by atoms with Gasteiger partial charge in [-0.2, -0.15) is 10.1 Å². The molecule has 11 heteroatoms. The summed E-state index contributed by atoms with van der Waals surface area (Å²) in [5.41, 5.74) is 8.60. The van der Waals surface area contributed by atoms with E-state index < -0.39 is 5.91 Å². The number of H-pyrrole nitrogens is 1. The van der Waals surface area contributed by atoms with Gasteiger partial charge in [0.1, 0.15) is 12.0 Å². The van der Waals surface area contributed by atoms with Gasteiger partial charge >= 0.3 is 11.8 Å². The summed E-state index contributed by atoms with van der Waals surface area (Å²) >= 11 is 0. The van der Waals surface area contributed by atoms with E-state index in [1.807, 2.05) is 46.8 Å². The Morgan fingerprint density at radius 1 is 1.12 bits per heavy atom. The van der Waals surface area contributed by atoms with Crippen LogP contribution in [0.4, 0.5) is 0 Å². The number of piperidine rings is 1. The zero-order chi connectivity index (χ0) is 30.5. The van der Waals surface area contributed by atoms with Crippen molar-refractivity contribution in [2.24, 2.45) is 0 Å². The van der Waals surface area contributed by atoms with E-state index in [1.54, 1.807) is 6.33 Å².